The molecule has 0 saturated carbocycles. The van der Waals surface area contributed by atoms with Gasteiger partial charge in [-0.25, -0.2) is 0 Å². The van der Waals surface area contributed by atoms with E-state index in [2.05, 4.69) is 0 Å². The van der Waals surface area contributed by atoms with E-state index in [4.69, 9.17) is 18.6 Å². The summed E-state index contributed by atoms with van der Waals surface area (Å²) in [7, 11) is 0. The maximum Gasteiger partial charge on any atom is 0.229 e. The zero-order chi connectivity index (χ0) is 29.7. The Bertz CT molecular complexity index is 1470. The van der Waals surface area contributed by atoms with E-state index in [9.17, 15) is 55.9 Å². The van der Waals surface area contributed by atoms with Gasteiger partial charge < -0.3 is 69.7 Å². The van der Waals surface area contributed by atoms with Crippen molar-refractivity contribution in [2.24, 2.45) is 0 Å². The van der Waals surface area contributed by atoms with E-state index >= 15 is 0 Å². The predicted molar refractivity (Wildman–Crippen MR) is 134 cm³/mol. The molecule has 2 aromatic carbocycles. The highest BCUT2D eigenvalue weighted by molar-refractivity contribution is 5.93. The maximum absolute atomic E-state index is 13.3. The van der Waals surface area contributed by atoms with Crippen molar-refractivity contribution in [2.75, 3.05) is 13.2 Å². The van der Waals surface area contributed by atoms with Crippen molar-refractivity contribution in [2.45, 2.75) is 55.1 Å². The second-order valence-electron chi connectivity index (χ2n) is 9.78. The highest BCUT2D eigenvalue weighted by Gasteiger charge is 2.47. The van der Waals surface area contributed by atoms with E-state index in [1.807, 2.05) is 0 Å². The van der Waals surface area contributed by atoms with Crippen molar-refractivity contribution < 1.29 is 69.7 Å². The molecule has 41 heavy (non-hydrogen) atoms. The normalized spacial score (nSPS) is 32.2. The first-order valence-corrected chi connectivity index (χ1v) is 12.4. The molecule has 0 amide bonds. The number of hydrogen-bond acceptors (Lipinski definition) is 15. The minimum Gasteiger partial charge on any atom is -0.508 e. The molecule has 222 valence electrons. The number of benzene rings is 2. The van der Waals surface area contributed by atoms with Gasteiger partial charge in [0.2, 0.25) is 12.0 Å². The largest absolute Gasteiger partial charge is 0.508 e. The zero-order valence-electron chi connectivity index (χ0n) is 21.0. The molecule has 15 nitrogen and oxygen atoms in total. The number of hydrogen-bond donors (Lipinski definition) is 10. The first-order valence-electron chi connectivity index (χ1n) is 12.4. The van der Waals surface area contributed by atoms with Crippen LogP contribution in [0.3, 0.4) is 0 Å². The minimum atomic E-state index is -1.97. The predicted octanol–water partition coefficient (Wildman–Crippen LogP) is -2.09. The first kappa shape index (κ1) is 29.0. The van der Waals surface area contributed by atoms with Gasteiger partial charge in [-0.15, -0.1) is 0 Å². The van der Waals surface area contributed by atoms with E-state index in [0.717, 1.165) is 6.07 Å². The maximum atomic E-state index is 13.3. The lowest BCUT2D eigenvalue weighted by Gasteiger charge is -2.40. The van der Waals surface area contributed by atoms with Crippen LogP contribution >= 0.6 is 0 Å². The van der Waals surface area contributed by atoms with Crippen LogP contribution in [-0.4, -0.2) is 113 Å². The van der Waals surface area contributed by atoms with Crippen molar-refractivity contribution >= 4 is 11.0 Å². The molecular formula is C26H28O15. The number of aromatic hydroxyl groups is 3. The van der Waals surface area contributed by atoms with Gasteiger partial charge in [0, 0.05) is 11.6 Å². The van der Waals surface area contributed by atoms with E-state index < -0.39 is 108 Å². The van der Waals surface area contributed by atoms with E-state index in [1.54, 1.807) is 0 Å². The van der Waals surface area contributed by atoms with Crippen LogP contribution in [0.25, 0.3) is 22.3 Å². The molecule has 0 bridgehead atoms. The molecule has 2 aliphatic heterocycles. The summed E-state index contributed by atoms with van der Waals surface area (Å²) in [6.07, 6.45) is -15.7. The highest BCUT2D eigenvalue weighted by atomic mass is 16.7. The van der Waals surface area contributed by atoms with Gasteiger partial charge >= 0.3 is 0 Å². The lowest BCUT2D eigenvalue weighted by atomic mass is 9.92. The summed E-state index contributed by atoms with van der Waals surface area (Å²) in [6.45, 7) is -1.33. The molecule has 2 saturated heterocycles. The average molecular weight is 580 g/mol. The Morgan fingerprint density at radius 3 is 2.20 bits per heavy atom. The molecule has 3 aromatic rings. The third-order valence-electron chi connectivity index (χ3n) is 7.13. The third kappa shape index (κ3) is 4.97. The quantitative estimate of drug-likeness (QED) is 0.155. The van der Waals surface area contributed by atoms with Crippen LogP contribution in [-0.2, 0) is 9.47 Å². The molecule has 2 aliphatic rings. The van der Waals surface area contributed by atoms with Gasteiger partial charge in [-0.05, 0) is 24.3 Å². The molecule has 0 spiro atoms. The summed E-state index contributed by atoms with van der Waals surface area (Å²) in [5, 5.41) is 102. The van der Waals surface area contributed by atoms with Gasteiger partial charge in [0.15, 0.2) is 22.5 Å². The SMILES string of the molecule is O=c1cc(-c2ccc(O)cc2)oc2c(C3OCC(O)C(O)C3O)c(O)c(OC3OC(CO)C(O)C(O)C3O)c(O)c12. The molecule has 15 heteroatoms. The van der Waals surface area contributed by atoms with Gasteiger partial charge in [-0.3, -0.25) is 4.79 Å². The Hall–Kier alpha value is -3.51. The van der Waals surface area contributed by atoms with Crippen LogP contribution in [0.4, 0.5) is 0 Å². The summed E-state index contributed by atoms with van der Waals surface area (Å²) in [4.78, 5) is 13.3. The van der Waals surface area contributed by atoms with Crippen LogP contribution < -0.4 is 10.2 Å². The Labute approximate surface area is 229 Å². The topological polar surface area (TPSA) is 260 Å². The Balaban J connectivity index is 1.71. The van der Waals surface area contributed by atoms with Crippen molar-refractivity contribution in [1.82, 2.24) is 0 Å². The Morgan fingerprint density at radius 1 is 0.854 bits per heavy atom. The smallest absolute Gasteiger partial charge is 0.229 e. The molecular weight excluding hydrogens is 552 g/mol. The number of rotatable bonds is 5. The van der Waals surface area contributed by atoms with Crippen LogP contribution in [0.2, 0.25) is 0 Å². The third-order valence-corrected chi connectivity index (χ3v) is 7.13. The standard InChI is InChI=1S/C26H28O15/c27-6-13-17(32)20(35)22(37)26(40-13)41-25-18(33)14-10(29)5-12(8-1-3-9(28)4-2-8)39-23(14)15(19(25)34)24-21(36)16(31)11(30)7-38-24/h1-5,11,13,16-17,20-22,24,26-28,30-37H,6-7H2. The van der Waals surface area contributed by atoms with Crippen molar-refractivity contribution in [1.29, 1.82) is 0 Å². The van der Waals surface area contributed by atoms with Crippen molar-refractivity contribution in [3.63, 3.8) is 0 Å². The molecule has 0 aliphatic carbocycles. The van der Waals surface area contributed by atoms with Gasteiger partial charge in [-0.1, -0.05) is 0 Å². The number of phenols is 3. The summed E-state index contributed by atoms with van der Waals surface area (Å²) >= 11 is 0. The zero-order valence-corrected chi connectivity index (χ0v) is 21.0. The molecule has 3 heterocycles. The Morgan fingerprint density at radius 2 is 1.54 bits per heavy atom. The number of fused-ring (bicyclic) bond motifs is 1. The highest BCUT2D eigenvalue weighted by Crippen LogP contribution is 2.50. The molecule has 2 fully saturated rings. The molecule has 0 radical (unpaired) electrons. The second-order valence-corrected chi connectivity index (χ2v) is 9.78. The van der Waals surface area contributed by atoms with Crippen LogP contribution in [0.5, 0.6) is 23.0 Å². The van der Waals surface area contributed by atoms with Crippen LogP contribution in [0, 0.1) is 0 Å². The lowest BCUT2D eigenvalue weighted by Crippen LogP contribution is -2.60. The molecule has 9 atom stereocenters. The van der Waals surface area contributed by atoms with E-state index in [-0.39, 0.29) is 11.5 Å². The Kier molecular flexibility index (Phi) is 7.82. The summed E-state index contributed by atoms with van der Waals surface area (Å²) in [6, 6.07) is 6.46. The van der Waals surface area contributed by atoms with Crippen LogP contribution in [0.15, 0.2) is 39.5 Å². The first-order chi connectivity index (χ1) is 19.4. The number of aliphatic hydroxyl groups excluding tert-OH is 7. The molecule has 1 aromatic heterocycles. The van der Waals surface area contributed by atoms with E-state index in [0.29, 0.717) is 5.56 Å². The van der Waals surface area contributed by atoms with Gasteiger partial charge in [0.1, 0.15) is 65.7 Å². The lowest BCUT2D eigenvalue weighted by molar-refractivity contribution is -0.277. The van der Waals surface area contributed by atoms with Gasteiger partial charge in [0.25, 0.3) is 0 Å². The average Bonchev–Trinajstić information content (AvgIpc) is 2.95. The minimum absolute atomic E-state index is 0.0749. The molecule has 10 N–H and O–H groups in total. The fraction of sp³-hybridized carbons (Fsp3) is 0.423. The molecule has 9 unspecified atom stereocenters. The van der Waals surface area contributed by atoms with Gasteiger partial charge in [-0.2, -0.15) is 0 Å². The monoisotopic (exact) mass is 580 g/mol. The molecule has 5 rings (SSSR count). The van der Waals surface area contributed by atoms with Gasteiger partial charge in [0.05, 0.1) is 18.8 Å². The number of phenolic OH excluding ortho intramolecular Hbond substituents is 3. The second kappa shape index (κ2) is 11.1. The summed E-state index contributed by atoms with van der Waals surface area (Å²) in [5.41, 5.74) is -1.57. The summed E-state index contributed by atoms with van der Waals surface area (Å²) in [5.74, 6) is -3.05. The number of ether oxygens (including phenoxy) is 3. The van der Waals surface area contributed by atoms with E-state index in [1.165, 1.54) is 24.3 Å². The number of aliphatic hydroxyl groups is 7. The fourth-order valence-corrected chi connectivity index (χ4v) is 4.85. The van der Waals surface area contributed by atoms with Crippen molar-refractivity contribution in [3.05, 3.63) is 46.1 Å². The van der Waals surface area contributed by atoms with Crippen molar-refractivity contribution in [3.8, 4) is 34.3 Å². The summed E-state index contributed by atoms with van der Waals surface area (Å²) < 4.78 is 22.1. The van der Waals surface area contributed by atoms with Crippen LogP contribution in [0.1, 0.15) is 11.7 Å². The fourth-order valence-electron chi connectivity index (χ4n) is 4.85.